The van der Waals surface area contributed by atoms with Crippen LogP contribution in [-0.2, 0) is 67.1 Å². The monoisotopic (exact) mass is 713 g/mol. The van der Waals surface area contributed by atoms with Crippen LogP contribution in [0.4, 0.5) is 0 Å². The van der Waals surface area contributed by atoms with Crippen LogP contribution >= 0.6 is 11.3 Å². The Bertz CT molecular complexity index is 1140. The van der Waals surface area contributed by atoms with E-state index in [1.807, 2.05) is 0 Å². The average molecular weight is 714 g/mol. The number of nitrogens with one attached hydrogen (secondary N) is 1. The molecule has 1 saturated heterocycles. The summed E-state index contributed by atoms with van der Waals surface area (Å²) in [5, 5.41) is 1.29. The van der Waals surface area contributed by atoms with Crippen LogP contribution in [0.2, 0.25) is 0 Å². The molecule has 0 radical (unpaired) electrons. The highest BCUT2D eigenvalue weighted by Gasteiger charge is 2.32. The summed E-state index contributed by atoms with van der Waals surface area (Å²) < 4.78 is 70.1. The minimum atomic E-state index is -3.63. The number of sulfonamides is 1. The molecule has 0 bridgehead atoms. The Labute approximate surface area is 279 Å². The van der Waals surface area contributed by atoms with Crippen molar-refractivity contribution in [3.63, 3.8) is 0 Å². The first kappa shape index (κ1) is 41.0. The van der Waals surface area contributed by atoms with Crippen molar-refractivity contribution in [2.75, 3.05) is 112 Å². The third-order valence-corrected chi connectivity index (χ3v) is 8.41. The van der Waals surface area contributed by atoms with E-state index in [1.54, 1.807) is 13.8 Å². The smallest absolute Gasteiger partial charge is 0.335 e. The average Bonchev–Trinajstić information content (AvgIpc) is 3.55. The van der Waals surface area contributed by atoms with E-state index in [-0.39, 0.29) is 50.7 Å². The lowest BCUT2D eigenvalue weighted by Gasteiger charge is -2.12. The molecule has 17 nitrogen and oxygen atoms in total. The number of hydroxylamine groups is 2. The molecule has 270 valence electrons. The zero-order chi connectivity index (χ0) is 34.2. The zero-order valence-corrected chi connectivity index (χ0v) is 28.7. The van der Waals surface area contributed by atoms with Gasteiger partial charge < -0.3 is 42.7 Å². The number of rotatable bonds is 30. The molecule has 1 aromatic rings. The van der Waals surface area contributed by atoms with Crippen molar-refractivity contribution in [3.05, 3.63) is 9.88 Å². The van der Waals surface area contributed by atoms with Gasteiger partial charge in [-0.05, 0) is 13.8 Å². The molecule has 0 aromatic carbocycles. The number of aromatic nitrogens is 1. The van der Waals surface area contributed by atoms with Gasteiger partial charge in [0.1, 0.15) is 0 Å². The number of hydrogen-bond donors (Lipinski definition) is 1. The molecule has 0 unspecified atom stereocenters. The SMILES string of the molecule is Cc1nc(S(=O)(=O)NCCOCCOCCOCCOCCOCCOCCOCCOCCC(=O)ON2C(=O)CCC2=O)c(C)s1. The first-order valence-electron chi connectivity index (χ1n) is 15.3. The number of hydrogen-bond acceptors (Lipinski definition) is 16. The Hall–Kier alpha value is -2.17. The molecule has 2 rings (SSSR count). The molecule has 0 atom stereocenters. The van der Waals surface area contributed by atoms with Gasteiger partial charge in [0.25, 0.3) is 21.8 Å². The Morgan fingerprint density at radius 2 is 1.06 bits per heavy atom. The van der Waals surface area contributed by atoms with E-state index < -0.39 is 27.8 Å². The maximum absolute atomic E-state index is 12.2. The number of nitrogens with zero attached hydrogens (tertiary/aromatic N) is 2. The second-order valence-electron chi connectivity index (χ2n) is 9.69. The molecule has 1 aromatic heterocycles. The molecule has 0 spiro atoms. The second kappa shape index (κ2) is 24.9. The summed E-state index contributed by atoms with van der Waals surface area (Å²) in [6.07, 6.45) is 0.0248. The van der Waals surface area contributed by atoms with E-state index in [9.17, 15) is 22.8 Å². The quantitative estimate of drug-likeness (QED) is 0.0836. The summed E-state index contributed by atoms with van der Waals surface area (Å²) >= 11 is 1.34. The van der Waals surface area contributed by atoms with Crippen molar-refractivity contribution in [2.45, 2.75) is 38.1 Å². The molecule has 2 heterocycles. The minimum absolute atomic E-state index is 0.0533. The van der Waals surface area contributed by atoms with Gasteiger partial charge in [-0.2, -0.15) is 0 Å². The summed E-state index contributed by atoms with van der Waals surface area (Å²) in [4.78, 5) is 43.9. The van der Waals surface area contributed by atoms with E-state index in [2.05, 4.69) is 9.71 Å². The number of carbonyl (C=O) groups excluding carboxylic acids is 3. The molecule has 1 aliphatic heterocycles. The number of aryl methyl sites for hydroxylation is 2. The van der Waals surface area contributed by atoms with E-state index in [0.717, 1.165) is 0 Å². The maximum atomic E-state index is 12.2. The fraction of sp³-hybridized carbons (Fsp3) is 0.786. The molecular weight excluding hydrogens is 666 g/mol. The lowest BCUT2D eigenvalue weighted by atomic mass is 10.4. The second-order valence-corrected chi connectivity index (χ2v) is 12.8. The molecule has 1 N–H and O–H groups in total. The standard InChI is InChI=1S/C28H47N3O14S2/c1-23-28(30-24(2)46-23)47(35,36)29-6-8-38-10-12-40-14-16-42-18-20-44-22-21-43-19-17-41-15-13-39-11-9-37-7-5-27(34)45-31-25(32)3-4-26(31)33/h29H,3-22H2,1-2H3. The largest absolute Gasteiger partial charge is 0.378 e. The van der Waals surface area contributed by atoms with Crippen LogP contribution < -0.4 is 4.72 Å². The number of amides is 2. The Kier molecular flexibility index (Phi) is 21.7. The van der Waals surface area contributed by atoms with Crippen LogP contribution in [0, 0.1) is 13.8 Å². The van der Waals surface area contributed by atoms with E-state index in [1.165, 1.54) is 11.3 Å². The lowest BCUT2D eigenvalue weighted by Crippen LogP contribution is -2.32. The van der Waals surface area contributed by atoms with Crippen molar-refractivity contribution >= 4 is 39.1 Å². The van der Waals surface area contributed by atoms with Gasteiger partial charge in [-0.25, -0.2) is 22.9 Å². The van der Waals surface area contributed by atoms with Crippen LogP contribution in [0.1, 0.15) is 29.1 Å². The van der Waals surface area contributed by atoms with Gasteiger partial charge in [-0.3, -0.25) is 9.59 Å². The fourth-order valence-electron chi connectivity index (χ4n) is 3.68. The lowest BCUT2D eigenvalue weighted by molar-refractivity contribution is -0.198. The van der Waals surface area contributed by atoms with Crippen LogP contribution in [0.3, 0.4) is 0 Å². The summed E-state index contributed by atoms with van der Waals surface area (Å²) in [6, 6.07) is 0. The highest BCUT2D eigenvalue weighted by molar-refractivity contribution is 7.89. The first-order chi connectivity index (χ1) is 22.7. The van der Waals surface area contributed by atoms with Gasteiger partial charge >= 0.3 is 5.97 Å². The van der Waals surface area contributed by atoms with Crippen molar-refractivity contribution < 1.29 is 65.5 Å². The number of imide groups is 1. The van der Waals surface area contributed by atoms with E-state index in [0.29, 0.717) is 101 Å². The summed E-state index contributed by atoms with van der Waals surface area (Å²) in [7, 11) is -3.63. The molecule has 47 heavy (non-hydrogen) atoms. The van der Waals surface area contributed by atoms with Crippen LogP contribution in [0.25, 0.3) is 0 Å². The first-order valence-corrected chi connectivity index (χ1v) is 17.6. The molecule has 0 saturated carbocycles. The zero-order valence-electron chi connectivity index (χ0n) is 27.1. The third kappa shape index (κ3) is 18.8. The Balaban J connectivity index is 1.21. The van der Waals surface area contributed by atoms with Gasteiger partial charge in [0, 0.05) is 24.3 Å². The van der Waals surface area contributed by atoms with Gasteiger partial charge in [0.05, 0.1) is 117 Å². The normalized spacial score (nSPS) is 13.6. The maximum Gasteiger partial charge on any atom is 0.335 e. The predicted molar refractivity (Wildman–Crippen MR) is 165 cm³/mol. The van der Waals surface area contributed by atoms with Crippen molar-refractivity contribution in [1.29, 1.82) is 0 Å². The molecule has 1 aliphatic rings. The highest BCUT2D eigenvalue weighted by Crippen LogP contribution is 2.20. The fourth-order valence-corrected chi connectivity index (χ4v) is 6.03. The van der Waals surface area contributed by atoms with E-state index >= 15 is 0 Å². The minimum Gasteiger partial charge on any atom is -0.378 e. The number of thiazole rings is 1. The van der Waals surface area contributed by atoms with Gasteiger partial charge in [-0.15, -0.1) is 16.4 Å². The Morgan fingerprint density at radius 1 is 0.681 bits per heavy atom. The van der Waals surface area contributed by atoms with Crippen molar-refractivity contribution in [3.8, 4) is 0 Å². The van der Waals surface area contributed by atoms with Crippen LogP contribution in [0.15, 0.2) is 5.03 Å². The molecule has 19 heteroatoms. The number of carbonyl (C=O) groups is 3. The van der Waals surface area contributed by atoms with Crippen LogP contribution in [0.5, 0.6) is 0 Å². The highest BCUT2D eigenvalue weighted by atomic mass is 32.2. The Morgan fingerprint density at radius 3 is 1.45 bits per heavy atom. The number of ether oxygens (including phenoxy) is 8. The molecule has 0 aliphatic carbocycles. The van der Waals surface area contributed by atoms with Gasteiger partial charge in [0.15, 0.2) is 5.03 Å². The summed E-state index contributed by atoms with van der Waals surface area (Å²) in [5.74, 6) is -1.74. The van der Waals surface area contributed by atoms with Crippen molar-refractivity contribution in [1.82, 2.24) is 14.8 Å². The topological polar surface area (TPSA) is 197 Å². The van der Waals surface area contributed by atoms with Gasteiger partial charge in [-0.1, -0.05) is 0 Å². The third-order valence-electron chi connectivity index (χ3n) is 5.91. The summed E-state index contributed by atoms with van der Waals surface area (Å²) in [6.45, 7) is 9.47. The molecule has 1 fully saturated rings. The van der Waals surface area contributed by atoms with Gasteiger partial charge in [0.2, 0.25) is 0 Å². The summed E-state index contributed by atoms with van der Waals surface area (Å²) in [5.41, 5.74) is 0. The van der Waals surface area contributed by atoms with Crippen molar-refractivity contribution in [2.24, 2.45) is 0 Å². The molecular formula is C28H47N3O14S2. The van der Waals surface area contributed by atoms with E-state index in [4.69, 9.17) is 42.7 Å². The van der Waals surface area contributed by atoms with Crippen LogP contribution in [-0.4, -0.2) is 149 Å². The molecule has 2 amide bonds. The predicted octanol–water partition coefficient (Wildman–Crippen LogP) is 0.168.